The summed E-state index contributed by atoms with van der Waals surface area (Å²) in [5, 5.41) is 9.47. The number of aromatic carboxylic acids is 1. The van der Waals surface area contributed by atoms with Crippen LogP contribution in [0.2, 0.25) is 0 Å². The summed E-state index contributed by atoms with van der Waals surface area (Å²) >= 11 is 0. The van der Waals surface area contributed by atoms with Crippen LogP contribution in [-0.4, -0.2) is 53.3 Å². The fourth-order valence-corrected chi connectivity index (χ4v) is 4.27. The molecule has 0 radical (unpaired) electrons. The molecule has 0 amide bonds. The molecular weight excluding hydrogens is 337 g/mol. The number of benzene rings is 1. The third kappa shape index (κ3) is 2.41. The van der Waals surface area contributed by atoms with Crippen molar-refractivity contribution in [2.75, 3.05) is 37.6 Å². The molecule has 0 bridgehead atoms. The Hall–Kier alpha value is -2.41. The number of hydrogen-bond acceptors (Lipinski definition) is 4. The molecule has 2 aliphatic rings. The number of rotatable bonds is 3. The minimum atomic E-state index is -1.28. The van der Waals surface area contributed by atoms with E-state index in [-0.39, 0.29) is 17.0 Å². The maximum atomic E-state index is 15.0. The van der Waals surface area contributed by atoms with Crippen molar-refractivity contribution >= 4 is 22.6 Å². The zero-order chi connectivity index (χ0) is 18.6. The molecule has 1 fully saturated rings. The van der Waals surface area contributed by atoms with Crippen LogP contribution in [0.4, 0.5) is 10.1 Å². The van der Waals surface area contributed by atoms with Gasteiger partial charge in [-0.1, -0.05) is 6.92 Å². The number of pyridine rings is 1. The lowest BCUT2D eigenvalue weighted by atomic mass is 10.0. The third-order valence-corrected chi connectivity index (χ3v) is 5.68. The Balaban J connectivity index is 1.91. The van der Waals surface area contributed by atoms with E-state index in [9.17, 15) is 14.7 Å². The number of carboxylic acid groups (broad SMARTS) is 1. The molecule has 2 aliphatic heterocycles. The Labute approximate surface area is 150 Å². The zero-order valence-corrected chi connectivity index (χ0v) is 15.0. The van der Waals surface area contributed by atoms with Crippen LogP contribution in [0.15, 0.2) is 17.1 Å². The molecule has 7 heteroatoms. The molecule has 4 rings (SSSR count). The van der Waals surface area contributed by atoms with E-state index in [0.717, 1.165) is 38.3 Å². The van der Waals surface area contributed by atoms with Crippen molar-refractivity contribution in [3.63, 3.8) is 0 Å². The highest BCUT2D eigenvalue weighted by Gasteiger charge is 2.31. The molecule has 0 spiro atoms. The molecule has 1 aromatic carbocycles. The summed E-state index contributed by atoms with van der Waals surface area (Å²) in [6, 6.07) is 1.22. The second-order valence-corrected chi connectivity index (χ2v) is 7.14. The SMILES string of the molecule is CCN1CCN(c2c(F)cc3c(=O)c(C(=O)O)cn4c3c2CC4C)CC1. The molecule has 26 heavy (non-hydrogen) atoms. The highest BCUT2D eigenvalue weighted by atomic mass is 19.1. The van der Waals surface area contributed by atoms with Crippen molar-refractivity contribution in [1.82, 2.24) is 9.47 Å². The summed E-state index contributed by atoms with van der Waals surface area (Å²) in [4.78, 5) is 28.3. The van der Waals surface area contributed by atoms with Gasteiger partial charge in [-0.25, -0.2) is 9.18 Å². The van der Waals surface area contributed by atoms with Gasteiger partial charge in [0, 0.05) is 49.4 Å². The topological polar surface area (TPSA) is 65.8 Å². The van der Waals surface area contributed by atoms with Crippen LogP contribution in [0.25, 0.3) is 10.9 Å². The van der Waals surface area contributed by atoms with Crippen LogP contribution in [-0.2, 0) is 6.42 Å². The molecule has 0 saturated carbocycles. The molecular formula is C19H22FN3O3. The number of hydrogen-bond donors (Lipinski definition) is 1. The van der Waals surface area contributed by atoms with Gasteiger partial charge in [0.2, 0.25) is 5.43 Å². The molecule has 1 aromatic heterocycles. The summed E-state index contributed by atoms with van der Waals surface area (Å²) < 4.78 is 16.9. The van der Waals surface area contributed by atoms with Gasteiger partial charge in [0.05, 0.1) is 11.2 Å². The van der Waals surface area contributed by atoms with E-state index in [4.69, 9.17) is 0 Å². The second-order valence-electron chi connectivity index (χ2n) is 7.14. The van der Waals surface area contributed by atoms with Crippen LogP contribution >= 0.6 is 0 Å². The molecule has 0 aliphatic carbocycles. The quantitative estimate of drug-likeness (QED) is 0.909. The summed E-state index contributed by atoms with van der Waals surface area (Å²) in [6.45, 7) is 8.32. The summed E-state index contributed by atoms with van der Waals surface area (Å²) in [5.41, 5.74) is 1.17. The summed E-state index contributed by atoms with van der Waals surface area (Å²) in [5.74, 6) is -1.71. The first-order valence-electron chi connectivity index (χ1n) is 9.03. The lowest BCUT2D eigenvalue weighted by Crippen LogP contribution is -2.46. The Morgan fingerprint density at radius 2 is 2.00 bits per heavy atom. The van der Waals surface area contributed by atoms with E-state index < -0.39 is 17.2 Å². The number of piperazine rings is 1. The van der Waals surface area contributed by atoms with Crippen molar-refractivity contribution in [1.29, 1.82) is 0 Å². The van der Waals surface area contributed by atoms with E-state index in [1.54, 1.807) is 0 Å². The van der Waals surface area contributed by atoms with Crippen molar-refractivity contribution in [2.45, 2.75) is 26.3 Å². The Morgan fingerprint density at radius 1 is 1.31 bits per heavy atom. The van der Waals surface area contributed by atoms with Gasteiger partial charge in [-0.3, -0.25) is 4.79 Å². The van der Waals surface area contributed by atoms with Crippen molar-refractivity contribution in [2.24, 2.45) is 0 Å². The maximum absolute atomic E-state index is 15.0. The molecule has 2 aromatic rings. The first kappa shape index (κ1) is 17.0. The Kier molecular flexibility index (Phi) is 3.99. The third-order valence-electron chi connectivity index (χ3n) is 5.68. The van der Waals surface area contributed by atoms with Gasteiger partial charge in [0.15, 0.2) is 0 Å². The van der Waals surface area contributed by atoms with Gasteiger partial charge >= 0.3 is 5.97 Å². The van der Waals surface area contributed by atoms with E-state index >= 15 is 4.39 Å². The Bertz CT molecular complexity index is 961. The fourth-order valence-electron chi connectivity index (χ4n) is 4.27. The van der Waals surface area contributed by atoms with Crippen LogP contribution in [0.5, 0.6) is 0 Å². The van der Waals surface area contributed by atoms with Crippen LogP contribution < -0.4 is 10.3 Å². The molecule has 1 N–H and O–H groups in total. The summed E-state index contributed by atoms with van der Waals surface area (Å²) in [7, 11) is 0. The fraction of sp³-hybridized carbons (Fsp3) is 0.474. The van der Waals surface area contributed by atoms with Crippen molar-refractivity contribution in [3.8, 4) is 0 Å². The van der Waals surface area contributed by atoms with Crippen LogP contribution in [0.3, 0.4) is 0 Å². The van der Waals surface area contributed by atoms with Gasteiger partial charge in [0.25, 0.3) is 0 Å². The molecule has 1 saturated heterocycles. The number of carbonyl (C=O) groups is 1. The number of nitrogens with zero attached hydrogens (tertiary/aromatic N) is 3. The smallest absolute Gasteiger partial charge is 0.341 e. The summed E-state index contributed by atoms with van der Waals surface area (Å²) in [6.07, 6.45) is 2.00. The minimum absolute atomic E-state index is 0.0105. The number of anilines is 1. The van der Waals surface area contributed by atoms with Crippen LogP contribution in [0.1, 0.15) is 35.8 Å². The molecule has 3 heterocycles. The lowest BCUT2D eigenvalue weighted by Gasteiger charge is -2.36. The predicted molar refractivity (Wildman–Crippen MR) is 97.9 cm³/mol. The lowest BCUT2D eigenvalue weighted by molar-refractivity contribution is 0.0694. The van der Waals surface area contributed by atoms with E-state index in [1.807, 2.05) is 11.5 Å². The van der Waals surface area contributed by atoms with Crippen LogP contribution in [0, 0.1) is 5.82 Å². The van der Waals surface area contributed by atoms with E-state index in [0.29, 0.717) is 17.6 Å². The molecule has 6 nitrogen and oxygen atoms in total. The normalized spacial score (nSPS) is 20.1. The molecule has 1 atom stereocenters. The first-order valence-corrected chi connectivity index (χ1v) is 9.03. The van der Waals surface area contributed by atoms with Gasteiger partial charge in [0.1, 0.15) is 11.4 Å². The van der Waals surface area contributed by atoms with E-state index in [2.05, 4.69) is 16.7 Å². The first-order chi connectivity index (χ1) is 12.4. The monoisotopic (exact) mass is 359 g/mol. The van der Waals surface area contributed by atoms with Gasteiger partial charge in [-0.05, 0) is 26.0 Å². The van der Waals surface area contributed by atoms with Gasteiger partial charge < -0.3 is 19.5 Å². The molecule has 138 valence electrons. The standard InChI is InChI=1S/C19H22FN3O3/c1-3-21-4-6-22(7-5-21)17-12-8-11(2)23-10-14(19(25)26)18(24)13(16(12)23)9-15(17)20/h9-11H,3-8H2,1-2H3,(H,25,26). The number of carboxylic acids is 1. The van der Waals surface area contributed by atoms with Crippen molar-refractivity contribution in [3.05, 3.63) is 39.4 Å². The van der Waals surface area contributed by atoms with Crippen molar-refractivity contribution < 1.29 is 14.3 Å². The second kappa shape index (κ2) is 6.09. The highest BCUT2D eigenvalue weighted by molar-refractivity contribution is 5.96. The van der Waals surface area contributed by atoms with Gasteiger partial charge in [-0.15, -0.1) is 0 Å². The minimum Gasteiger partial charge on any atom is -0.477 e. The van der Waals surface area contributed by atoms with E-state index in [1.165, 1.54) is 12.3 Å². The highest BCUT2D eigenvalue weighted by Crippen LogP contribution is 2.39. The Morgan fingerprint density at radius 3 is 2.62 bits per heavy atom. The maximum Gasteiger partial charge on any atom is 0.341 e. The largest absolute Gasteiger partial charge is 0.477 e. The number of aromatic nitrogens is 1. The average molecular weight is 359 g/mol. The average Bonchev–Trinajstić information content (AvgIpc) is 2.94. The zero-order valence-electron chi connectivity index (χ0n) is 15.0. The predicted octanol–water partition coefficient (Wildman–Crippen LogP) is 2.10. The molecule has 1 unspecified atom stereocenters. The number of halogens is 1. The number of likely N-dealkylation sites (N-methyl/N-ethyl adjacent to an activating group) is 1. The van der Waals surface area contributed by atoms with Gasteiger partial charge in [-0.2, -0.15) is 0 Å².